The van der Waals surface area contributed by atoms with Crippen molar-refractivity contribution in [2.45, 2.75) is 64.8 Å². The fourth-order valence-electron chi connectivity index (χ4n) is 3.08. The minimum absolute atomic E-state index is 0.125. The first-order valence-corrected chi connectivity index (χ1v) is 8.80. The van der Waals surface area contributed by atoms with Crippen molar-refractivity contribution in [3.05, 3.63) is 0 Å². The van der Waals surface area contributed by atoms with Crippen molar-refractivity contribution >= 4 is 18.1 Å². The van der Waals surface area contributed by atoms with Crippen LogP contribution in [-0.4, -0.2) is 53.8 Å². The van der Waals surface area contributed by atoms with Gasteiger partial charge in [0.25, 0.3) is 0 Å². The molecule has 1 heterocycles. The van der Waals surface area contributed by atoms with E-state index < -0.39 is 42.0 Å². The van der Waals surface area contributed by atoms with Crippen LogP contribution in [0.1, 0.15) is 40.5 Å². The van der Waals surface area contributed by atoms with Crippen molar-refractivity contribution in [1.29, 1.82) is 0 Å². The molecular weight excluding hydrogens is 351 g/mol. The molecule has 1 aliphatic rings. The Kier molecular flexibility index (Phi) is 7.61. The standard InChI is InChI=1S/C17H28F3N3O3/c1-9(2)13(21)16(26)23-7-5-6-12(23)15(25)22-14(10(3)4)11(8-24)17(18,19)20/h8-14H,5-7,21H2,1-4H3,(H,22,25)/t11?,12-,13-,14-/m0/s1. The third kappa shape index (κ3) is 5.18. The van der Waals surface area contributed by atoms with Gasteiger partial charge < -0.3 is 20.7 Å². The van der Waals surface area contributed by atoms with E-state index in [1.165, 1.54) is 18.7 Å². The molecule has 1 aliphatic heterocycles. The van der Waals surface area contributed by atoms with Gasteiger partial charge in [0.15, 0.2) is 0 Å². The summed E-state index contributed by atoms with van der Waals surface area (Å²) in [7, 11) is 0. The summed E-state index contributed by atoms with van der Waals surface area (Å²) in [5.41, 5.74) is 5.86. The molecule has 0 bridgehead atoms. The first-order valence-electron chi connectivity index (χ1n) is 8.80. The van der Waals surface area contributed by atoms with Crippen LogP contribution in [-0.2, 0) is 14.4 Å². The quantitative estimate of drug-likeness (QED) is 0.656. The fourth-order valence-corrected chi connectivity index (χ4v) is 3.08. The molecule has 0 aliphatic carbocycles. The molecule has 1 saturated heterocycles. The van der Waals surface area contributed by atoms with E-state index in [9.17, 15) is 27.6 Å². The van der Waals surface area contributed by atoms with Gasteiger partial charge in [-0.1, -0.05) is 27.7 Å². The number of hydrogen-bond acceptors (Lipinski definition) is 4. The summed E-state index contributed by atoms with van der Waals surface area (Å²) in [5, 5.41) is 2.34. The smallest absolute Gasteiger partial charge is 0.350 e. The van der Waals surface area contributed by atoms with Gasteiger partial charge in [0, 0.05) is 12.6 Å². The SMILES string of the molecule is CC(C)[C@H](NC(=O)[C@@H]1CCCN1C(=O)[C@@H](N)C(C)C)C(C=O)C(F)(F)F. The largest absolute Gasteiger partial charge is 0.400 e. The molecule has 3 N–H and O–H groups in total. The average Bonchev–Trinajstić information content (AvgIpc) is 3.01. The van der Waals surface area contributed by atoms with Gasteiger partial charge in [0.05, 0.1) is 6.04 Å². The minimum atomic E-state index is -4.75. The predicted octanol–water partition coefficient (Wildman–Crippen LogP) is 1.48. The molecule has 150 valence electrons. The van der Waals surface area contributed by atoms with Crippen LogP contribution >= 0.6 is 0 Å². The van der Waals surface area contributed by atoms with Gasteiger partial charge in [-0.2, -0.15) is 13.2 Å². The highest BCUT2D eigenvalue weighted by atomic mass is 19.4. The molecule has 0 saturated carbocycles. The van der Waals surface area contributed by atoms with E-state index in [-0.39, 0.29) is 18.1 Å². The molecule has 0 aromatic rings. The Morgan fingerprint density at radius 3 is 2.19 bits per heavy atom. The summed E-state index contributed by atoms with van der Waals surface area (Å²) in [4.78, 5) is 37.4. The summed E-state index contributed by atoms with van der Waals surface area (Å²) in [6, 6.07) is -3.03. The summed E-state index contributed by atoms with van der Waals surface area (Å²) in [6.07, 6.45) is -4.02. The Morgan fingerprint density at radius 1 is 1.19 bits per heavy atom. The number of nitrogens with zero attached hydrogens (tertiary/aromatic N) is 1. The van der Waals surface area contributed by atoms with Crippen LogP contribution < -0.4 is 11.1 Å². The molecule has 0 radical (unpaired) electrons. The summed E-state index contributed by atoms with van der Waals surface area (Å²) < 4.78 is 39.3. The lowest BCUT2D eigenvalue weighted by Gasteiger charge is -2.32. The van der Waals surface area contributed by atoms with Crippen molar-refractivity contribution in [3.63, 3.8) is 0 Å². The Bertz CT molecular complexity index is 523. The normalized spacial score (nSPS) is 21.6. The maximum absolute atomic E-state index is 13.1. The monoisotopic (exact) mass is 379 g/mol. The molecule has 4 atom stereocenters. The van der Waals surface area contributed by atoms with Gasteiger partial charge in [0.2, 0.25) is 11.8 Å². The highest BCUT2D eigenvalue weighted by Crippen LogP contribution is 2.30. The van der Waals surface area contributed by atoms with Crippen molar-refractivity contribution in [2.75, 3.05) is 6.54 Å². The van der Waals surface area contributed by atoms with Gasteiger partial charge in [-0.25, -0.2) is 0 Å². The third-order valence-electron chi connectivity index (χ3n) is 4.78. The predicted molar refractivity (Wildman–Crippen MR) is 89.9 cm³/mol. The average molecular weight is 379 g/mol. The number of carbonyl (C=O) groups is 3. The molecule has 0 spiro atoms. The number of halogens is 3. The summed E-state index contributed by atoms with van der Waals surface area (Å²) in [5.74, 6) is -4.10. The van der Waals surface area contributed by atoms with Gasteiger partial charge in [0.1, 0.15) is 18.2 Å². The van der Waals surface area contributed by atoms with Gasteiger partial charge >= 0.3 is 6.18 Å². The molecule has 1 fully saturated rings. The van der Waals surface area contributed by atoms with E-state index >= 15 is 0 Å². The number of carbonyl (C=O) groups excluding carboxylic acids is 3. The third-order valence-corrected chi connectivity index (χ3v) is 4.78. The zero-order valence-electron chi connectivity index (χ0n) is 15.5. The molecule has 0 aromatic heterocycles. The van der Waals surface area contributed by atoms with Crippen LogP contribution in [0, 0.1) is 17.8 Å². The van der Waals surface area contributed by atoms with Crippen molar-refractivity contribution in [2.24, 2.45) is 23.5 Å². The lowest BCUT2D eigenvalue weighted by Crippen LogP contribution is -2.57. The Labute approximate surface area is 151 Å². The molecular formula is C17H28F3N3O3. The number of likely N-dealkylation sites (tertiary alicyclic amines) is 1. The molecule has 26 heavy (non-hydrogen) atoms. The van der Waals surface area contributed by atoms with Crippen LogP contribution in [0.25, 0.3) is 0 Å². The van der Waals surface area contributed by atoms with Crippen LogP contribution in [0.2, 0.25) is 0 Å². The van der Waals surface area contributed by atoms with E-state index in [0.29, 0.717) is 19.4 Å². The minimum Gasteiger partial charge on any atom is -0.350 e. The molecule has 1 rings (SSSR count). The Hall–Kier alpha value is -1.64. The molecule has 0 aromatic carbocycles. The lowest BCUT2D eigenvalue weighted by atomic mass is 9.90. The maximum Gasteiger partial charge on any atom is 0.400 e. The summed E-state index contributed by atoms with van der Waals surface area (Å²) >= 11 is 0. The Morgan fingerprint density at radius 2 is 1.77 bits per heavy atom. The van der Waals surface area contributed by atoms with E-state index in [4.69, 9.17) is 5.73 Å². The maximum atomic E-state index is 13.1. The van der Waals surface area contributed by atoms with Crippen molar-refractivity contribution in [3.8, 4) is 0 Å². The first-order chi connectivity index (χ1) is 11.9. The highest BCUT2D eigenvalue weighted by Gasteiger charge is 2.47. The van der Waals surface area contributed by atoms with E-state index in [0.717, 1.165) is 0 Å². The van der Waals surface area contributed by atoms with E-state index in [1.54, 1.807) is 13.8 Å². The highest BCUT2D eigenvalue weighted by molar-refractivity contribution is 5.90. The molecule has 2 amide bonds. The molecule has 1 unspecified atom stereocenters. The van der Waals surface area contributed by atoms with Crippen LogP contribution in [0.3, 0.4) is 0 Å². The second-order valence-corrected chi connectivity index (χ2v) is 7.44. The first kappa shape index (κ1) is 22.4. The second kappa shape index (κ2) is 8.83. The number of hydrogen-bond donors (Lipinski definition) is 2. The summed E-state index contributed by atoms with van der Waals surface area (Å²) in [6.45, 7) is 6.89. The lowest BCUT2D eigenvalue weighted by molar-refractivity contribution is -0.183. The van der Waals surface area contributed by atoms with Crippen molar-refractivity contribution in [1.82, 2.24) is 10.2 Å². The topological polar surface area (TPSA) is 92.5 Å². The number of rotatable bonds is 7. The van der Waals surface area contributed by atoms with Crippen molar-refractivity contribution < 1.29 is 27.6 Å². The van der Waals surface area contributed by atoms with Gasteiger partial charge in [-0.05, 0) is 24.7 Å². The van der Waals surface area contributed by atoms with Gasteiger partial charge in [-0.15, -0.1) is 0 Å². The Balaban J connectivity index is 2.95. The van der Waals surface area contributed by atoms with E-state index in [2.05, 4.69) is 5.32 Å². The zero-order valence-corrected chi connectivity index (χ0v) is 15.5. The van der Waals surface area contributed by atoms with Crippen LogP contribution in [0.15, 0.2) is 0 Å². The number of nitrogens with two attached hydrogens (primary N) is 1. The van der Waals surface area contributed by atoms with E-state index in [1.807, 2.05) is 0 Å². The number of amides is 2. The molecule has 9 heteroatoms. The number of nitrogens with one attached hydrogen (secondary N) is 1. The second-order valence-electron chi connectivity index (χ2n) is 7.44. The zero-order chi connectivity index (χ0) is 20.2. The number of alkyl halides is 3. The van der Waals surface area contributed by atoms with Gasteiger partial charge in [-0.3, -0.25) is 9.59 Å². The van der Waals surface area contributed by atoms with Crippen LogP contribution in [0.5, 0.6) is 0 Å². The number of aldehydes is 1. The fraction of sp³-hybridized carbons (Fsp3) is 0.824. The molecule has 6 nitrogen and oxygen atoms in total. The van der Waals surface area contributed by atoms with Crippen LogP contribution in [0.4, 0.5) is 13.2 Å².